The van der Waals surface area contributed by atoms with E-state index in [9.17, 15) is 0 Å². The first kappa shape index (κ1) is 15.6. The molecule has 1 unspecified atom stereocenters. The van der Waals surface area contributed by atoms with E-state index in [0.717, 1.165) is 18.6 Å². The Labute approximate surface area is 127 Å². The lowest BCUT2D eigenvalue weighted by molar-refractivity contribution is 0.295. The van der Waals surface area contributed by atoms with E-state index >= 15 is 0 Å². The van der Waals surface area contributed by atoms with Crippen LogP contribution in [0.3, 0.4) is 0 Å². The minimum absolute atomic E-state index is 0.361. The number of hydrogen-bond acceptors (Lipinski definition) is 2. The van der Waals surface area contributed by atoms with E-state index in [1.54, 1.807) is 0 Å². The van der Waals surface area contributed by atoms with Crippen molar-refractivity contribution in [2.45, 2.75) is 32.6 Å². The molecule has 0 saturated carbocycles. The van der Waals surface area contributed by atoms with Crippen LogP contribution < -0.4 is 10.5 Å². The Morgan fingerprint density at radius 1 is 1.05 bits per heavy atom. The lowest BCUT2D eigenvalue weighted by Crippen LogP contribution is -2.15. The van der Waals surface area contributed by atoms with Crippen LogP contribution in [-0.2, 0) is 6.42 Å². The summed E-state index contributed by atoms with van der Waals surface area (Å²) in [7, 11) is 0. The second-order valence-electron chi connectivity index (χ2n) is 5.44. The highest BCUT2D eigenvalue weighted by Gasteiger charge is 2.10. The number of rotatable bonds is 7. The molecule has 0 radical (unpaired) electrons. The molecule has 2 heteroatoms. The largest absolute Gasteiger partial charge is 0.493 e. The molecule has 1 atom stereocenters. The highest BCUT2D eigenvalue weighted by molar-refractivity contribution is 5.33. The highest BCUT2D eigenvalue weighted by Crippen LogP contribution is 2.22. The average Bonchev–Trinajstić information content (AvgIpc) is 2.53. The van der Waals surface area contributed by atoms with E-state index in [1.165, 1.54) is 16.7 Å². The summed E-state index contributed by atoms with van der Waals surface area (Å²) < 4.78 is 5.95. The van der Waals surface area contributed by atoms with Crippen LogP contribution in [0.1, 0.15) is 36.0 Å². The summed E-state index contributed by atoms with van der Waals surface area (Å²) in [6.45, 7) is 5.61. The van der Waals surface area contributed by atoms with Gasteiger partial charge in [0.15, 0.2) is 0 Å². The molecule has 112 valence electrons. The van der Waals surface area contributed by atoms with E-state index in [4.69, 9.17) is 10.5 Å². The quantitative estimate of drug-likeness (QED) is 0.831. The van der Waals surface area contributed by atoms with Crippen molar-refractivity contribution in [3.05, 3.63) is 65.2 Å². The van der Waals surface area contributed by atoms with Gasteiger partial charge in [0.05, 0.1) is 6.61 Å². The van der Waals surface area contributed by atoms with E-state index in [-0.39, 0.29) is 0 Å². The summed E-state index contributed by atoms with van der Waals surface area (Å²) in [5, 5.41) is 0. The van der Waals surface area contributed by atoms with Gasteiger partial charge in [-0.05, 0) is 49.4 Å². The fourth-order valence-electron chi connectivity index (χ4n) is 2.51. The third-order valence-corrected chi connectivity index (χ3v) is 3.91. The molecule has 0 heterocycles. The van der Waals surface area contributed by atoms with Gasteiger partial charge in [-0.3, -0.25) is 0 Å². The summed E-state index contributed by atoms with van der Waals surface area (Å²) in [6, 6.07) is 16.9. The average molecular weight is 283 g/mol. The van der Waals surface area contributed by atoms with Crippen molar-refractivity contribution in [3.63, 3.8) is 0 Å². The molecule has 0 amide bonds. The van der Waals surface area contributed by atoms with Crippen molar-refractivity contribution in [3.8, 4) is 5.75 Å². The summed E-state index contributed by atoms with van der Waals surface area (Å²) >= 11 is 0. The first-order chi connectivity index (χ1) is 10.2. The van der Waals surface area contributed by atoms with Gasteiger partial charge in [-0.15, -0.1) is 0 Å². The van der Waals surface area contributed by atoms with Gasteiger partial charge in [-0.2, -0.15) is 0 Å². The van der Waals surface area contributed by atoms with Crippen LogP contribution in [0.15, 0.2) is 48.5 Å². The topological polar surface area (TPSA) is 35.2 Å². The molecule has 2 nitrogen and oxygen atoms in total. The lowest BCUT2D eigenvalue weighted by Gasteiger charge is -2.17. The minimum Gasteiger partial charge on any atom is -0.493 e. The van der Waals surface area contributed by atoms with Crippen LogP contribution >= 0.6 is 0 Å². The Hall–Kier alpha value is -1.80. The molecule has 2 N–H and O–H groups in total. The van der Waals surface area contributed by atoms with Crippen molar-refractivity contribution in [1.29, 1.82) is 0 Å². The van der Waals surface area contributed by atoms with Crippen molar-refractivity contribution >= 4 is 0 Å². The predicted molar refractivity (Wildman–Crippen MR) is 88.9 cm³/mol. The summed E-state index contributed by atoms with van der Waals surface area (Å²) in [4.78, 5) is 0. The zero-order valence-electron chi connectivity index (χ0n) is 13.0. The number of para-hydroxylation sites is 1. The Balaban J connectivity index is 1.93. The molecule has 2 rings (SSSR count). The monoisotopic (exact) mass is 283 g/mol. The van der Waals surface area contributed by atoms with Gasteiger partial charge < -0.3 is 10.5 Å². The van der Waals surface area contributed by atoms with Crippen LogP contribution in [-0.4, -0.2) is 13.2 Å². The Morgan fingerprint density at radius 3 is 2.43 bits per heavy atom. The molecule has 2 aromatic rings. The predicted octanol–water partition coefficient (Wildman–Crippen LogP) is 4.07. The third-order valence-electron chi connectivity index (χ3n) is 3.91. The Kier molecular flexibility index (Phi) is 5.82. The van der Waals surface area contributed by atoms with E-state index < -0.39 is 0 Å². The molecule has 0 fully saturated rings. The zero-order chi connectivity index (χ0) is 15.1. The van der Waals surface area contributed by atoms with Gasteiger partial charge in [0.25, 0.3) is 0 Å². The first-order valence-electron chi connectivity index (χ1n) is 7.72. The molecule has 0 aromatic heterocycles. The number of benzene rings is 2. The number of hydrogen-bond donors (Lipinski definition) is 1. The SMILES string of the molecule is CCc1ccccc1OCCC(CN)c1ccc(C)cc1. The van der Waals surface area contributed by atoms with Crippen molar-refractivity contribution in [2.75, 3.05) is 13.2 Å². The molecule has 0 aliphatic heterocycles. The maximum absolute atomic E-state index is 5.95. The maximum atomic E-state index is 5.95. The van der Waals surface area contributed by atoms with E-state index in [2.05, 4.69) is 50.2 Å². The standard InChI is InChI=1S/C19H25NO/c1-3-16-6-4-5-7-19(16)21-13-12-18(14-20)17-10-8-15(2)9-11-17/h4-11,18H,3,12-14,20H2,1-2H3. The van der Waals surface area contributed by atoms with Crippen LogP contribution in [0.4, 0.5) is 0 Å². The number of aryl methyl sites for hydroxylation is 2. The van der Waals surface area contributed by atoms with Gasteiger partial charge >= 0.3 is 0 Å². The van der Waals surface area contributed by atoms with E-state index in [0.29, 0.717) is 19.1 Å². The van der Waals surface area contributed by atoms with E-state index in [1.807, 2.05) is 12.1 Å². The summed E-state index contributed by atoms with van der Waals surface area (Å²) in [5.41, 5.74) is 9.77. The molecule has 0 aliphatic rings. The first-order valence-corrected chi connectivity index (χ1v) is 7.72. The summed E-state index contributed by atoms with van der Waals surface area (Å²) in [6.07, 6.45) is 1.94. The lowest BCUT2D eigenvalue weighted by atomic mass is 9.95. The second kappa shape index (κ2) is 7.84. The molecule has 0 spiro atoms. The van der Waals surface area contributed by atoms with Gasteiger partial charge in [-0.1, -0.05) is 55.0 Å². The van der Waals surface area contributed by atoms with Crippen molar-refractivity contribution < 1.29 is 4.74 Å². The molecule has 2 aromatic carbocycles. The Bertz CT molecular complexity index is 548. The highest BCUT2D eigenvalue weighted by atomic mass is 16.5. The third kappa shape index (κ3) is 4.33. The summed E-state index contributed by atoms with van der Waals surface area (Å²) in [5.74, 6) is 1.36. The normalized spacial score (nSPS) is 12.1. The fourth-order valence-corrected chi connectivity index (χ4v) is 2.51. The van der Waals surface area contributed by atoms with Gasteiger partial charge in [0, 0.05) is 0 Å². The van der Waals surface area contributed by atoms with Gasteiger partial charge in [0.2, 0.25) is 0 Å². The molecule has 0 bridgehead atoms. The number of ether oxygens (including phenoxy) is 1. The molecule has 0 saturated heterocycles. The van der Waals surface area contributed by atoms with Crippen LogP contribution in [0, 0.1) is 6.92 Å². The molecule has 0 aliphatic carbocycles. The van der Waals surface area contributed by atoms with Crippen LogP contribution in [0.2, 0.25) is 0 Å². The number of nitrogens with two attached hydrogens (primary N) is 1. The smallest absolute Gasteiger partial charge is 0.122 e. The molecular weight excluding hydrogens is 258 g/mol. The van der Waals surface area contributed by atoms with Gasteiger partial charge in [-0.25, -0.2) is 0 Å². The molecule has 21 heavy (non-hydrogen) atoms. The van der Waals surface area contributed by atoms with Crippen molar-refractivity contribution in [1.82, 2.24) is 0 Å². The Morgan fingerprint density at radius 2 is 1.76 bits per heavy atom. The van der Waals surface area contributed by atoms with Crippen LogP contribution in [0.5, 0.6) is 5.75 Å². The second-order valence-corrected chi connectivity index (χ2v) is 5.44. The zero-order valence-corrected chi connectivity index (χ0v) is 13.0. The fraction of sp³-hybridized carbons (Fsp3) is 0.368. The minimum atomic E-state index is 0.361. The van der Waals surface area contributed by atoms with Gasteiger partial charge in [0.1, 0.15) is 5.75 Å². The van der Waals surface area contributed by atoms with Crippen molar-refractivity contribution in [2.24, 2.45) is 5.73 Å². The molecular formula is C19H25NO. The maximum Gasteiger partial charge on any atom is 0.122 e. The van der Waals surface area contributed by atoms with Crippen LogP contribution in [0.25, 0.3) is 0 Å².